The van der Waals surface area contributed by atoms with Crippen molar-refractivity contribution >= 4 is 11.6 Å². The minimum absolute atomic E-state index is 0.0899. The van der Waals surface area contributed by atoms with Crippen molar-refractivity contribution in [3.63, 3.8) is 0 Å². The first-order valence-electron chi connectivity index (χ1n) is 8.32. The Bertz CT molecular complexity index is 871. The first-order valence-corrected chi connectivity index (χ1v) is 8.32. The van der Waals surface area contributed by atoms with Gasteiger partial charge in [-0.3, -0.25) is 9.78 Å². The van der Waals surface area contributed by atoms with Crippen LogP contribution in [0.4, 0.5) is 0 Å². The van der Waals surface area contributed by atoms with Gasteiger partial charge in [-0.15, -0.1) is 0 Å². The SMILES string of the molecule is Cc1cc(C(=O)N2CCC(Cc3ccncc3)C2)c2nccn2c1. The number of aromatic nitrogens is 3. The summed E-state index contributed by atoms with van der Waals surface area (Å²) in [5.41, 5.74) is 3.79. The number of likely N-dealkylation sites (tertiary alicyclic amines) is 1. The largest absolute Gasteiger partial charge is 0.338 e. The predicted molar refractivity (Wildman–Crippen MR) is 91.9 cm³/mol. The van der Waals surface area contributed by atoms with E-state index in [2.05, 4.69) is 22.1 Å². The van der Waals surface area contributed by atoms with Gasteiger partial charge in [0.15, 0.2) is 0 Å². The lowest BCUT2D eigenvalue weighted by atomic mass is 10.00. The van der Waals surface area contributed by atoms with Crippen LogP contribution in [0.1, 0.15) is 27.9 Å². The van der Waals surface area contributed by atoms with Crippen molar-refractivity contribution in [2.45, 2.75) is 19.8 Å². The lowest BCUT2D eigenvalue weighted by Crippen LogP contribution is -2.29. The third kappa shape index (κ3) is 2.77. The zero-order valence-corrected chi connectivity index (χ0v) is 13.7. The highest BCUT2D eigenvalue weighted by Crippen LogP contribution is 2.23. The standard InChI is InChI=1S/C19H20N4O/c1-14-10-17(18-21-7-9-22(18)12-14)19(24)23-8-4-16(13-23)11-15-2-5-20-6-3-15/h2-3,5-7,9-10,12,16H,4,8,11,13H2,1H3. The summed E-state index contributed by atoms with van der Waals surface area (Å²) in [7, 11) is 0. The molecule has 24 heavy (non-hydrogen) atoms. The highest BCUT2D eigenvalue weighted by Gasteiger charge is 2.28. The lowest BCUT2D eigenvalue weighted by Gasteiger charge is -2.17. The maximum Gasteiger partial charge on any atom is 0.257 e. The molecule has 4 heterocycles. The third-order valence-electron chi connectivity index (χ3n) is 4.70. The highest BCUT2D eigenvalue weighted by atomic mass is 16.2. The molecule has 1 amide bonds. The summed E-state index contributed by atoms with van der Waals surface area (Å²) in [6.45, 7) is 3.63. The number of hydrogen-bond acceptors (Lipinski definition) is 3. The van der Waals surface area contributed by atoms with E-state index in [1.807, 2.05) is 47.1 Å². The number of nitrogens with zero attached hydrogens (tertiary/aromatic N) is 4. The van der Waals surface area contributed by atoms with E-state index >= 15 is 0 Å². The van der Waals surface area contributed by atoms with Crippen LogP contribution in [0.15, 0.2) is 49.2 Å². The number of rotatable bonds is 3. The van der Waals surface area contributed by atoms with Crippen LogP contribution in [-0.4, -0.2) is 38.3 Å². The van der Waals surface area contributed by atoms with Gasteiger partial charge in [-0.2, -0.15) is 0 Å². The van der Waals surface area contributed by atoms with Crippen molar-refractivity contribution in [3.05, 3.63) is 65.9 Å². The fourth-order valence-corrected chi connectivity index (χ4v) is 3.54. The zero-order valence-electron chi connectivity index (χ0n) is 13.7. The topological polar surface area (TPSA) is 50.5 Å². The molecule has 122 valence electrons. The number of amides is 1. The Morgan fingerprint density at radius 1 is 1.29 bits per heavy atom. The van der Waals surface area contributed by atoms with E-state index in [4.69, 9.17) is 0 Å². The summed E-state index contributed by atoms with van der Waals surface area (Å²) < 4.78 is 1.92. The van der Waals surface area contributed by atoms with Gasteiger partial charge in [0.1, 0.15) is 5.65 Å². The molecule has 4 rings (SSSR count). The molecule has 0 aliphatic carbocycles. The number of fused-ring (bicyclic) bond motifs is 1. The van der Waals surface area contributed by atoms with Gasteiger partial charge in [-0.25, -0.2) is 4.98 Å². The Labute approximate surface area is 141 Å². The summed E-state index contributed by atoms with van der Waals surface area (Å²) in [4.78, 5) is 23.3. The van der Waals surface area contributed by atoms with E-state index in [9.17, 15) is 4.79 Å². The van der Waals surface area contributed by atoms with Crippen LogP contribution in [0.3, 0.4) is 0 Å². The van der Waals surface area contributed by atoms with E-state index < -0.39 is 0 Å². The van der Waals surface area contributed by atoms with Crippen LogP contribution in [0, 0.1) is 12.8 Å². The molecule has 3 aromatic rings. The summed E-state index contributed by atoms with van der Waals surface area (Å²) in [6, 6.07) is 6.05. The molecule has 0 bridgehead atoms. The average molecular weight is 320 g/mol. The van der Waals surface area contributed by atoms with E-state index in [0.29, 0.717) is 11.5 Å². The maximum atomic E-state index is 13.0. The Morgan fingerprint density at radius 2 is 2.12 bits per heavy atom. The maximum absolute atomic E-state index is 13.0. The molecule has 1 unspecified atom stereocenters. The number of carbonyl (C=O) groups is 1. The summed E-state index contributed by atoms with van der Waals surface area (Å²) in [6.07, 6.45) is 11.3. The molecule has 0 radical (unpaired) electrons. The number of pyridine rings is 2. The van der Waals surface area contributed by atoms with Crippen LogP contribution in [0.5, 0.6) is 0 Å². The van der Waals surface area contributed by atoms with Gasteiger partial charge in [0.25, 0.3) is 5.91 Å². The third-order valence-corrected chi connectivity index (χ3v) is 4.70. The predicted octanol–water partition coefficient (Wildman–Crippen LogP) is 2.74. The van der Waals surface area contributed by atoms with Gasteiger partial charge >= 0.3 is 0 Å². The molecule has 1 fully saturated rings. The molecule has 0 aromatic carbocycles. The number of imidazole rings is 1. The second-order valence-electron chi connectivity index (χ2n) is 6.55. The van der Waals surface area contributed by atoms with Crippen LogP contribution in [-0.2, 0) is 6.42 Å². The number of carbonyl (C=O) groups excluding carboxylic acids is 1. The quantitative estimate of drug-likeness (QED) is 0.745. The fraction of sp³-hybridized carbons (Fsp3) is 0.316. The molecule has 1 aliphatic rings. The molecule has 5 heteroatoms. The molecule has 0 saturated carbocycles. The van der Waals surface area contributed by atoms with Crippen LogP contribution in [0.2, 0.25) is 0 Å². The molecular weight excluding hydrogens is 300 g/mol. The fourth-order valence-electron chi connectivity index (χ4n) is 3.54. The van der Waals surface area contributed by atoms with Crippen molar-refractivity contribution < 1.29 is 4.79 Å². The van der Waals surface area contributed by atoms with E-state index in [-0.39, 0.29) is 5.91 Å². The van der Waals surface area contributed by atoms with Crippen LogP contribution in [0.25, 0.3) is 5.65 Å². The van der Waals surface area contributed by atoms with Crippen molar-refractivity contribution in [1.82, 2.24) is 19.3 Å². The normalized spacial score (nSPS) is 17.5. The van der Waals surface area contributed by atoms with Gasteiger partial charge in [0.05, 0.1) is 5.56 Å². The Kier molecular flexibility index (Phi) is 3.76. The highest BCUT2D eigenvalue weighted by molar-refractivity contribution is 6.00. The molecule has 0 N–H and O–H groups in total. The number of aryl methyl sites for hydroxylation is 1. The van der Waals surface area contributed by atoms with Gasteiger partial charge in [-0.1, -0.05) is 0 Å². The molecule has 1 aliphatic heterocycles. The summed E-state index contributed by atoms with van der Waals surface area (Å²) >= 11 is 0. The van der Waals surface area contributed by atoms with Crippen molar-refractivity contribution in [2.24, 2.45) is 5.92 Å². The van der Waals surface area contributed by atoms with E-state index in [1.165, 1.54) is 5.56 Å². The van der Waals surface area contributed by atoms with E-state index in [1.54, 1.807) is 6.20 Å². The van der Waals surface area contributed by atoms with Gasteiger partial charge in [-0.05, 0) is 55.0 Å². The average Bonchev–Trinajstić information content (AvgIpc) is 3.23. The lowest BCUT2D eigenvalue weighted by molar-refractivity contribution is 0.0788. The van der Waals surface area contributed by atoms with Gasteiger partial charge in [0, 0.05) is 44.1 Å². The second kappa shape index (κ2) is 6.07. The molecule has 3 aromatic heterocycles. The summed E-state index contributed by atoms with van der Waals surface area (Å²) in [5, 5.41) is 0. The van der Waals surface area contributed by atoms with Crippen molar-refractivity contribution in [1.29, 1.82) is 0 Å². The Hall–Kier alpha value is -2.69. The van der Waals surface area contributed by atoms with Gasteiger partial charge in [0.2, 0.25) is 0 Å². The van der Waals surface area contributed by atoms with Crippen molar-refractivity contribution in [3.8, 4) is 0 Å². The molecule has 5 nitrogen and oxygen atoms in total. The first-order chi connectivity index (χ1) is 11.7. The van der Waals surface area contributed by atoms with Crippen molar-refractivity contribution in [2.75, 3.05) is 13.1 Å². The molecule has 0 spiro atoms. The monoisotopic (exact) mass is 320 g/mol. The zero-order chi connectivity index (χ0) is 16.5. The minimum atomic E-state index is 0.0899. The molecule has 1 atom stereocenters. The smallest absolute Gasteiger partial charge is 0.257 e. The Morgan fingerprint density at radius 3 is 2.96 bits per heavy atom. The van der Waals surface area contributed by atoms with Crippen LogP contribution < -0.4 is 0 Å². The first kappa shape index (κ1) is 14.9. The Balaban J connectivity index is 1.52. The minimum Gasteiger partial charge on any atom is -0.338 e. The number of hydrogen-bond donors (Lipinski definition) is 0. The summed E-state index contributed by atoms with van der Waals surface area (Å²) in [5.74, 6) is 0.601. The van der Waals surface area contributed by atoms with Crippen LogP contribution >= 0.6 is 0 Å². The van der Waals surface area contributed by atoms with E-state index in [0.717, 1.165) is 37.1 Å². The molecular formula is C19H20N4O. The molecule has 1 saturated heterocycles. The van der Waals surface area contributed by atoms with Gasteiger partial charge < -0.3 is 9.30 Å². The second-order valence-corrected chi connectivity index (χ2v) is 6.55.